The van der Waals surface area contributed by atoms with E-state index in [9.17, 15) is 0 Å². The van der Waals surface area contributed by atoms with E-state index in [0.717, 1.165) is 35.7 Å². The molecule has 1 heterocycles. The zero-order valence-corrected chi connectivity index (χ0v) is 9.69. The molecule has 1 unspecified atom stereocenters. The summed E-state index contributed by atoms with van der Waals surface area (Å²) in [5.41, 5.74) is 8.28. The van der Waals surface area contributed by atoms with Gasteiger partial charge in [0.1, 0.15) is 11.5 Å². The molecule has 0 spiro atoms. The molecule has 2 N–H and O–H groups in total. The van der Waals surface area contributed by atoms with E-state index in [4.69, 9.17) is 15.2 Å². The van der Waals surface area contributed by atoms with Crippen LogP contribution in [0.5, 0.6) is 5.75 Å². The summed E-state index contributed by atoms with van der Waals surface area (Å²) < 4.78 is 10.7. The molecule has 1 aromatic rings. The van der Waals surface area contributed by atoms with Crippen LogP contribution < -0.4 is 10.5 Å². The van der Waals surface area contributed by atoms with Crippen molar-refractivity contribution in [3.63, 3.8) is 0 Å². The summed E-state index contributed by atoms with van der Waals surface area (Å²) in [4.78, 5) is 0. The molecule has 0 amide bonds. The van der Waals surface area contributed by atoms with Crippen LogP contribution in [0.4, 0.5) is 0 Å². The van der Waals surface area contributed by atoms with Crippen LogP contribution >= 0.6 is 0 Å². The minimum Gasteiger partial charge on any atom is -0.496 e. The van der Waals surface area contributed by atoms with Gasteiger partial charge in [-0.2, -0.15) is 0 Å². The first kappa shape index (κ1) is 11.0. The highest BCUT2D eigenvalue weighted by atomic mass is 16.5. The van der Waals surface area contributed by atoms with E-state index in [1.807, 2.05) is 25.1 Å². The molecule has 0 radical (unpaired) electrons. The molecule has 16 heavy (non-hydrogen) atoms. The molecule has 0 aliphatic carbocycles. The van der Waals surface area contributed by atoms with Crippen LogP contribution in [0.1, 0.15) is 23.6 Å². The second kappa shape index (κ2) is 4.58. The van der Waals surface area contributed by atoms with Gasteiger partial charge < -0.3 is 15.2 Å². The Bertz CT molecular complexity index is 412. The zero-order valence-electron chi connectivity index (χ0n) is 9.69. The zero-order chi connectivity index (χ0) is 11.5. The van der Waals surface area contributed by atoms with E-state index in [1.165, 1.54) is 0 Å². The van der Waals surface area contributed by atoms with Crippen molar-refractivity contribution in [1.29, 1.82) is 0 Å². The summed E-state index contributed by atoms with van der Waals surface area (Å²) in [6, 6.07) is 5.82. The van der Waals surface area contributed by atoms with E-state index in [-0.39, 0.29) is 6.04 Å². The lowest BCUT2D eigenvalue weighted by molar-refractivity contribution is 0.225. The monoisotopic (exact) mass is 219 g/mol. The van der Waals surface area contributed by atoms with E-state index < -0.39 is 0 Å². The molecular weight excluding hydrogens is 202 g/mol. The average Bonchev–Trinajstić information content (AvgIpc) is 2.81. The Morgan fingerprint density at radius 1 is 1.44 bits per heavy atom. The van der Waals surface area contributed by atoms with Crippen molar-refractivity contribution >= 4 is 0 Å². The van der Waals surface area contributed by atoms with E-state index in [0.29, 0.717) is 0 Å². The van der Waals surface area contributed by atoms with Crippen molar-refractivity contribution in [3.05, 3.63) is 41.2 Å². The van der Waals surface area contributed by atoms with Gasteiger partial charge in [-0.1, -0.05) is 12.1 Å². The Hall–Kier alpha value is -1.48. The van der Waals surface area contributed by atoms with Crippen molar-refractivity contribution in [3.8, 4) is 5.75 Å². The van der Waals surface area contributed by atoms with E-state index in [1.54, 1.807) is 7.11 Å². The summed E-state index contributed by atoms with van der Waals surface area (Å²) in [5.74, 6) is 1.77. The molecule has 0 saturated heterocycles. The molecule has 0 fully saturated rings. The van der Waals surface area contributed by atoms with E-state index in [2.05, 4.69) is 6.08 Å². The van der Waals surface area contributed by atoms with E-state index >= 15 is 0 Å². The lowest BCUT2D eigenvalue weighted by Gasteiger charge is -2.15. The maximum absolute atomic E-state index is 6.13. The van der Waals surface area contributed by atoms with Gasteiger partial charge in [0.2, 0.25) is 0 Å². The number of hydrogen-bond acceptors (Lipinski definition) is 3. The topological polar surface area (TPSA) is 44.5 Å². The summed E-state index contributed by atoms with van der Waals surface area (Å²) in [5, 5.41) is 0. The smallest absolute Gasteiger partial charge is 0.121 e. The largest absolute Gasteiger partial charge is 0.496 e. The molecule has 3 nitrogen and oxygen atoms in total. The summed E-state index contributed by atoms with van der Waals surface area (Å²) >= 11 is 0. The Balaban J connectivity index is 2.23. The molecular formula is C13H17NO2. The fourth-order valence-electron chi connectivity index (χ4n) is 1.91. The normalized spacial score (nSPS) is 16.6. The fraction of sp³-hybridized carbons (Fsp3) is 0.385. The van der Waals surface area contributed by atoms with Gasteiger partial charge in [0.05, 0.1) is 19.8 Å². The van der Waals surface area contributed by atoms with Gasteiger partial charge in [0.15, 0.2) is 0 Å². The molecule has 1 aliphatic heterocycles. The maximum Gasteiger partial charge on any atom is 0.121 e. The number of hydrogen-bond donors (Lipinski definition) is 1. The lowest BCUT2D eigenvalue weighted by atomic mass is 10.0. The molecule has 86 valence electrons. The molecule has 1 aromatic carbocycles. The quantitative estimate of drug-likeness (QED) is 0.848. The second-order valence-electron chi connectivity index (χ2n) is 3.95. The number of aryl methyl sites for hydroxylation is 1. The van der Waals surface area contributed by atoms with Gasteiger partial charge in [-0.05, 0) is 30.2 Å². The summed E-state index contributed by atoms with van der Waals surface area (Å²) in [6.45, 7) is 2.76. The number of rotatable bonds is 3. The molecule has 1 atom stereocenters. The van der Waals surface area contributed by atoms with Gasteiger partial charge in [-0.15, -0.1) is 0 Å². The Kier molecular flexibility index (Phi) is 3.15. The highest BCUT2D eigenvalue weighted by Gasteiger charge is 2.17. The van der Waals surface area contributed by atoms with Crippen LogP contribution in [0.2, 0.25) is 0 Å². The number of nitrogens with two attached hydrogens (primary N) is 1. The first-order valence-electron chi connectivity index (χ1n) is 5.45. The molecule has 0 saturated carbocycles. The molecule has 0 bridgehead atoms. The van der Waals surface area contributed by atoms with Crippen LogP contribution in [0.3, 0.4) is 0 Å². The van der Waals surface area contributed by atoms with Crippen molar-refractivity contribution in [1.82, 2.24) is 0 Å². The third-order valence-electron chi connectivity index (χ3n) is 2.82. The standard InChI is InChI=1S/C13H17NO2/c1-9-8-10(5-6-11(9)15-2)13(14)12-4-3-7-16-12/h4-6,8,13H,3,7,14H2,1-2H3. The van der Waals surface area contributed by atoms with Crippen LogP contribution in [0, 0.1) is 6.92 Å². The van der Waals surface area contributed by atoms with Crippen molar-refractivity contribution in [2.75, 3.05) is 13.7 Å². The van der Waals surface area contributed by atoms with Crippen molar-refractivity contribution < 1.29 is 9.47 Å². The highest BCUT2D eigenvalue weighted by molar-refractivity contribution is 5.39. The lowest BCUT2D eigenvalue weighted by Crippen LogP contribution is -2.13. The first-order valence-corrected chi connectivity index (χ1v) is 5.45. The van der Waals surface area contributed by atoms with Gasteiger partial charge >= 0.3 is 0 Å². The molecule has 2 rings (SSSR count). The average molecular weight is 219 g/mol. The minimum absolute atomic E-state index is 0.160. The number of methoxy groups -OCH3 is 1. The van der Waals surface area contributed by atoms with Crippen LogP contribution in [0.25, 0.3) is 0 Å². The van der Waals surface area contributed by atoms with Gasteiger partial charge in [0, 0.05) is 6.42 Å². The minimum atomic E-state index is -0.160. The molecule has 0 aromatic heterocycles. The summed E-state index contributed by atoms with van der Waals surface area (Å²) in [7, 11) is 1.67. The van der Waals surface area contributed by atoms with Gasteiger partial charge in [-0.3, -0.25) is 0 Å². The second-order valence-corrected chi connectivity index (χ2v) is 3.95. The SMILES string of the molecule is COc1ccc(C(N)C2=CCCO2)cc1C. The van der Waals surface area contributed by atoms with Crippen LogP contribution in [-0.4, -0.2) is 13.7 Å². The van der Waals surface area contributed by atoms with Crippen molar-refractivity contribution in [2.24, 2.45) is 5.73 Å². The fourth-order valence-corrected chi connectivity index (χ4v) is 1.91. The molecule has 3 heteroatoms. The summed E-state index contributed by atoms with van der Waals surface area (Å²) in [6.07, 6.45) is 3.02. The van der Waals surface area contributed by atoms with Gasteiger partial charge in [-0.25, -0.2) is 0 Å². The highest BCUT2D eigenvalue weighted by Crippen LogP contribution is 2.27. The predicted octanol–water partition coefficient (Wildman–Crippen LogP) is 2.31. The Labute approximate surface area is 95.9 Å². The maximum atomic E-state index is 6.13. The Morgan fingerprint density at radius 3 is 2.81 bits per heavy atom. The third kappa shape index (κ3) is 2.04. The van der Waals surface area contributed by atoms with Crippen molar-refractivity contribution in [2.45, 2.75) is 19.4 Å². The molecule has 1 aliphatic rings. The van der Waals surface area contributed by atoms with Crippen LogP contribution in [0.15, 0.2) is 30.0 Å². The van der Waals surface area contributed by atoms with Crippen LogP contribution in [-0.2, 0) is 4.74 Å². The number of ether oxygens (including phenoxy) is 2. The van der Waals surface area contributed by atoms with Gasteiger partial charge in [0.25, 0.3) is 0 Å². The third-order valence-corrected chi connectivity index (χ3v) is 2.82. The number of benzene rings is 1. The predicted molar refractivity (Wildman–Crippen MR) is 63.3 cm³/mol. The first-order chi connectivity index (χ1) is 7.72. The Morgan fingerprint density at radius 2 is 2.25 bits per heavy atom.